The van der Waals surface area contributed by atoms with Gasteiger partial charge in [0, 0.05) is 37.1 Å². The number of thiophene rings is 1. The molecule has 2 aromatic heterocycles. The fourth-order valence-electron chi connectivity index (χ4n) is 4.90. The standard InChI is InChI=1S/C28H27ClFN5O6S/c1-31-21-15-20-18(14-19(21)30)25(37)35(27(40)32-20)17-4-2-16(3-5-17)24(36)33-28(26(38)39,22-6-7-23(29)42-22)8-9-34-10-12-41-13-11-34/h2-7,14-15,31H,8-13H2,1H3,(H,32,40)(H,33,36)(H,38,39). The molecule has 3 heterocycles. The third-order valence-corrected chi connectivity index (χ3v) is 8.63. The SMILES string of the molecule is CNc1cc2[nH]c(=O)n(-c3ccc(C(=O)NC(CCN4CCOCC4)(C(=O)O)c4ccc(Cl)s4)cc3)c(=O)c2cc1F. The molecule has 1 aliphatic heterocycles. The molecule has 4 aromatic rings. The second kappa shape index (κ2) is 12.1. The number of aromatic amines is 1. The number of rotatable bonds is 9. The highest BCUT2D eigenvalue weighted by Crippen LogP contribution is 2.35. The van der Waals surface area contributed by atoms with Crippen LogP contribution in [0.4, 0.5) is 10.1 Å². The fourth-order valence-corrected chi connectivity index (χ4v) is 6.11. The van der Waals surface area contributed by atoms with Crippen LogP contribution in [0.25, 0.3) is 16.6 Å². The van der Waals surface area contributed by atoms with Crippen LogP contribution in [-0.2, 0) is 15.1 Å². The van der Waals surface area contributed by atoms with Crippen LogP contribution in [0.5, 0.6) is 0 Å². The summed E-state index contributed by atoms with van der Waals surface area (Å²) >= 11 is 7.21. The number of aliphatic carboxylic acids is 1. The van der Waals surface area contributed by atoms with Gasteiger partial charge < -0.3 is 25.5 Å². The number of fused-ring (bicyclic) bond motifs is 1. The number of anilines is 1. The Morgan fingerprint density at radius 3 is 2.48 bits per heavy atom. The number of nitrogens with one attached hydrogen (secondary N) is 3. The largest absolute Gasteiger partial charge is 0.479 e. The van der Waals surface area contributed by atoms with Crippen LogP contribution >= 0.6 is 22.9 Å². The van der Waals surface area contributed by atoms with Gasteiger partial charge >= 0.3 is 11.7 Å². The van der Waals surface area contributed by atoms with Crippen molar-refractivity contribution in [2.24, 2.45) is 0 Å². The molecule has 1 saturated heterocycles. The van der Waals surface area contributed by atoms with Crippen LogP contribution < -0.4 is 21.9 Å². The topological polar surface area (TPSA) is 146 Å². The van der Waals surface area contributed by atoms with Gasteiger partial charge in [0.05, 0.1) is 39.8 Å². The minimum atomic E-state index is -1.76. The predicted octanol–water partition coefficient (Wildman–Crippen LogP) is 3.01. The molecule has 0 bridgehead atoms. The Morgan fingerprint density at radius 1 is 1.14 bits per heavy atom. The number of halogens is 2. The van der Waals surface area contributed by atoms with Crippen LogP contribution in [0.15, 0.2) is 58.1 Å². The Hall–Kier alpha value is -4.04. The summed E-state index contributed by atoms with van der Waals surface area (Å²) in [6.07, 6.45) is 0.0800. The first kappa shape index (κ1) is 29.5. The minimum Gasteiger partial charge on any atom is -0.479 e. The van der Waals surface area contributed by atoms with Gasteiger partial charge in [-0.05, 0) is 55.0 Å². The summed E-state index contributed by atoms with van der Waals surface area (Å²) in [6, 6.07) is 11.1. The first-order valence-electron chi connectivity index (χ1n) is 13.0. The summed E-state index contributed by atoms with van der Waals surface area (Å²) < 4.78 is 20.9. The average molecular weight is 616 g/mol. The molecular weight excluding hydrogens is 589 g/mol. The summed E-state index contributed by atoms with van der Waals surface area (Å²) in [5.74, 6) is -2.56. The monoisotopic (exact) mass is 615 g/mol. The van der Waals surface area contributed by atoms with Crippen molar-refractivity contribution in [1.29, 1.82) is 0 Å². The van der Waals surface area contributed by atoms with Crippen molar-refractivity contribution in [2.45, 2.75) is 12.0 Å². The van der Waals surface area contributed by atoms with Gasteiger partial charge in [-0.25, -0.2) is 18.5 Å². The van der Waals surface area contributed by atoms with Gasteiger partial charge in [-0.15, -0.1) is 11.3 Å². The van der Waals surface area contributed by atoms with Gasteiger partial charge in [0.2, 0.25) is 0 Å². The highest BCUT2D eigenvalue weighted by atomic mass is 35.5. The van der Waals surface area contributed by atoms with Crippen LogP contribution in [-0.4, -0.2) is 71.3 Å². The molecule has 1 unspecified atom stereocenters. The lowest BCUT2D eigenvalue weighted by atomic mass is 9.92. The maximum Gasteiger partial charge on any atom is 0.335 e. The van der Waals surface area contributed by atoms with Gasteiger partial charge in [0.1, 0.15) is 5.82 Å². The Kier molecular flexibility index (Phi) is 8.45. The zero-order valence-corrected chi connectivity index (χ0v) is 24.0. The van der Waals surface area contributed by atoms with E-state index >= 15 is 0 Å². The number of carboxylic acids is 1. The van der Waals surface area contributed by atoms with Gasteiger partial charge in [-0.2, -0.15) is 0 Å². The number of ether oxygens (including phenoxy) is 1. The lowest BCUT2D eigenvalue weighted by Gasteiger charge is -2.33. The molecule has 0 radical (unpaired) electrons. The third-order valence-electron chi connectivity index (χ3n) is 7.24. The smallest absolute Gasteiger partial charge is 0.335 e. The number of nitrogens with zero attached hydrogens (tertiary/aromatic N) is 2. The zero-order chi connectivity index (χ0) is 30.0. The zero-order valence-electron chi connectivity index (χ0n) is 22.4. The minimum absolute atomic E-state index is 0.0333. The molecule has 11 nitrogen and oxygen atoms in total. The molecular formula is C28H27ClFN5O6S. The van der Waals surface area contributed by atoms with Gasteiger partial charge in [-0.1, -0.05) is 11.6 Å². The molecule has 42 heavy (non-hydrogen) atoms. The molecule has 0 saturated carbocycles. The Bertz CT molecular complexity index is 1770. The number of hydrogen-bond donors (Lipinski definition) is 4. The van der Waals surface area contributed by atoms with Crippen molar-refractivity contribution in [2.75, 3.05) is 45.2 Å². The second-order valence-electron chi connectivity index (χ2n) is 9.72. The number of aromatic nitrogens is 2. The van der Waals surface area contributed by atoms with E-state index in [-0.39, 0.29) is 34.3 Å². The first-order chi connectivity index (χ1) is 20.1. The van der Waals surface area contributed by atoms with E-state index in [9.17, 15) is 28.7 Å². The van der Waals surface area contributed by atoms with E-state index in [1.807, 2.05) is 0 Å². The van der Waals surface area contributed by atoms with Crippen LogP contribution in [0.3, 0.4) is 0 Å². The molecule has 14 heteroatoms. The average Bonchev–Trinajstić information content (AvgIpc) is 3.42. The number of H-pyrrole nitrogens is 1. The van der Waals surface area contributed by atoms with Crippen molar-refractivity contribution in [3.05, 3.63) is 90.0 Å². The molecule has 1 amide bonds. The number of hydrogen-bond acceptors (Lipinski definition) is 8. The quantitative estimate of drug-likeness (QED) is 0.225. The van der Waals surface area contributed by atoms with Gasteiger partial charge in [-0.3, -0.25) is 14.5 Å². The summed E-state index contributed by atoms with van der Waals surface area (Å²) in [6.45, 7) is 2.77. The van der Waals surface area contributed by atoms with Crippen molar-refractivity contribution in [1.82, 2.24) is 19.8 Å². The van der Waals surface area contributed by atoms with Crippen LogP contribution in [0.2, 0.25) is 4.34 Å². The van der Waals surface area contributed by atoms with E-state index in [0.717, 1.165) is 22.0 Å². The molecule has 2 aromatic carbocycles. The number of carbonyl (C=O) groups is 2. The van der Waals surface area contributed by atoms with Crippen molar-refractivity contribution >= 4 is 51.4 Å². The highest BCUT2D eigenvalue weighted by molar-refractivity contribution is 7.16. The van der Waals surface area contributed by atoms with Crippen LogP contribution in [0, 0.1) is 5.82 Å². The van der Waals surface area contributed by atoms with Gasteiger partial charge in [0.15, 0.2) is 5.54 Å². The Balaban J connectivity index is 1.45. The molecule has 1 aliphatic rings. The van der Waals surface area contributed by atoms with Crippen molar-refractivity contribution < 1.29 is 23.8 Å². The van der Waals surface area contributed by atoms with E-state index in [2.05, 4.69) is 20.5 Å². The number of carboxylic acid groups (broad SMARTS) is 1. The summed E-state index contributed by atoms with van der Waals surface area (Å²) in [5.41, 5.74) is -2.71. The molecule has 220 valence electrons. The van der Waals surface area contributed by atoms with Crippen molar-refractivity contribution in [3.8, 4) is 5.69 Å². The lowest BCUT2D eigenvalue weighted by molar-refractivity contribution is -0.145. The first-order valence-corrected chi connectivity index (χ1v) is 14.2. The predicted molar refractivity (Wildman–Crippen MR) is 158 cm³/mol. The number of benzene rings is 2. The maximum absolute atomic E-state index is 14.3. The normalized spacial score (nSPS) is 15.3. The van der Waals surface area contributed by atoms with Crippen LogP contribution in [0.1, 0.15) is 21.7 Å². The number of carbonyl (C=O) groups excluding carboxylic acids is 1. The Labute approximate surface area is 247 Å². The van der Waals surface area contributed by atoms with E-state index in [1.165, 1.54) is 37.4 Å². The lowest BCUT2D eigenvalue weighted by Crippen LogP contribution is -2.53. The highest BCUT2D eigenvalue weighted by Gasteiger charge is 2.43. The summed E-state index contributed by atoms with van der Waals surface area (Å²) in [5, 5.41) is 15.7. The van der Waals surface area contributed by atoms with E-state index in [1.54, 1.807) is 12.1 Å². The van der Waals surface area contributed by atoms with E-state index in [0.29, 0.717) is 42.1 Å². The molecule has 0 aliphatic carbocycles. The molecule has 4 N–H and O–H groups in total. The number of morpholine rings is 1. The van der Waals surface area contributed by atoms with E-state index < -0.39 is 34.5 Å². The molecule has 1 atom stereocenters. The van der Waals surface area contributed by atoms with E-state index in [4.69, 9.17) is 16.3 Å². The fraction of sp³-hybridized carbons (Fsp3) is 0.286. The summed E-state index contributed by atoms with van der Waals surface area (Å²) in [7, 11) is 1.52. The summed E-state index contributed by atoms with van der Waals surface area (Å²) in [4.78, 5) is 57.2. The second-order valence-corrected chi connectivity index (χ2v) is 11.4. The number of amides is 1. The molecule has 5 rings (SSSR count). The molecule has 1 fully saturated rings. The Morgan fingerprint density at radius 2 is 1.86 bits per heavy atom. The van der Waals surface area contributed by atoms with Gasteiger partial charge in [0.25, 0.3) is 11.5 Å². The van der Waals surface area contributed by atoms with Crippen molar-refractivity contribution in [3.63, 3.8) is 0 Å². The maximum atomic E-state index is 14.3. The molecule has 0 spiro atoms. The third kappa shape index (κ3) is 5.68.